The number of aliphatic hydroxyl groups excluding tert-OH is 7. The van der Waals surface area contributed by atoms with E-state index in [1.807, 2.05) is 6.92 Å². The van der Waals surface area contributed by atoms with Crippen LogP contribution in [0.25, 0.3) is 0 Å². The van der Waals surface area contributed by atoms with E-state index in [4.69, 9.17) is 15.3 Å². The normalized spacial score (nSPS) is 18.2. The van der Waals surface area contributed by atoms with E-state index in [-0.39, 0.29) is 31.3 Å². The molecule has 0 rings (SSSR count). The number of aliphatic hydroxyl groups is 7. The van der Waals surface area contributed by atoms with Crippen molar-refractivity contribution < 1.29 is 35.7 Å². The Balaban J connectivity index is 5.05. The summed E-state index contributed by atoms with van der Waals surface area (Å²) in [5, 5.41) is 66.0. The Morgan fingerprint density at radius 3 is 1.07 bits per heavy atom. The van der Waals surface area contributed by atoms with Crippen LogP contribution in [0.1, 0.15) is 13.3 Å². The Labute approximate surface area is 191 Å². The van der Waals surface area contributed by atoms with Crippen molar-refractivity contribution >= 4 is 47.0 Å². The van der Waals surface area contributed by atoms with Gasteiger partial charge in [-0.05, 0) is 6.42 Å². The summed E-state index contributed by atoms with van der Waals surface area (Å²) in [6.45, 7) is 1.08. The van der Waals surface area contributed by atoms with E-state index >= 15 is 0 Å². The molecule has 176 valence electrons. The van der Waals surface area contributed by atoms with Crippen molar-refractivity contribution in [1.82, 2.24) is 0 Å². The maximum atomic E-state index is 9.88. The highest BCUT2D eigenvalue weighted by Crippen LogP contribution is 2.36. The Morgan fingerprint density at radius 1 is 0.552 bits per heavy atom. The molecular weight excluding hydrogens is 456 g/mol. The van der Waals surface area contributed by atoms with Crippen LogP contribution in [-0.4, -0.2) is 126 Å². The predicted molar refractivity (Wildman–Crippen MR) is 127 cm³/mol. The highest BCUT2D eigenvalue weighted by Gasteiger charge is 2.31. The highest BCUT2D eigenvalue weighted by molar-refractivity contribution is 8.02. The fourth-order valence-corrected chi connectivity index (χ4v) is 8.02. The maximum Gasteiger partial charge on any atom is 0.0861 e. The first-order chi connectivity index (χ1) is 13.8. The second-order valence-electron chi connectivity index (χ2n) is 7.13. The van der Waals surface area contributed by atoms with Crippen molar-refractivity contribution in [1.29, 1.82) is 0 Å². The molecule has 0 heterocycles. The van der Waals surface area contributed by atoms with Gasteiger partial charge >= 0.3 is 0 Å². The fraction of sp³-hybridized carbons (Fsp3) is 1.00. The molecule has 0 fully saturated rings. The lowest BCUT2D eigenvalue weighted by atomic mass is 9.99. The molecule has 4 atom stereocenters. The number of rotatable bonds is 20. The van der Waals surface area contributed by atoms with E-state index in [2.05, 4.69) is 0 Å². The van der Waals surface area contributed by atoms with E-state index in [1.165, 1.54) is 0 Å². The molecule has 4 unspecified atom stereocenters. The molecule has 0 bridgehead atoms. The average Bonchev–Trinajstić information content (AvgIpc) is 2.72. The molecule has 0 aromatic heterocycles. The molecule has 0 amide bonds. The lowest BCUT2D eigenvalue weighted by Gasteiger charge is -2.34. The zero-order valence-corrected chi connectivity index (χ0v) is 20.3. The number of thioether (sulfide) groups is 4. The van der Waals surface area contributed by atoms with Crippen molar-refractivity contribution in [3.8, 4) is 0 Å². The SMILES string of the molecule is CCC(O)CSCC(CSCC(O)CO)(CSCC(O)CO)CSCC(O)CO. The Bertz CT molecular complexity index is 313. The Kier molecular flexibility index (Phi) is 19.4. The molecule has 7 N–H and O–H groups in total. The van der Waals surface area contributed by atoms with Crippen LogP contribution in [0.3, 0.4) is 0 Å². The van der Waals surface area contributed by atoms with Crippen LogP contribution in [0.5, 0.6) is 0 Å². The molecule has 0 aliphatic carbocycles. The molecule has 0 saturated heterocycles. The summed E-state index contributed by atoms with van der Waals surface area (Å²) in [6.07, 6.45) is -2.01. The van der Waals surface area contributed by atoms with Crippen LogP contribution in [0.4, 0.5) is 0 Å². The number of hydrogen-bond donors (Lipinski definition) is 7. The van der Waals surface area contributed by atoms with Crippen LogP contribution < -0.4 is 0 Å². The van der Waals surface area contributed by atoms with Gasteiger partial charge in [-0.2, -0.15) is 47.0 Å². The standard InChI is InChI=1S/C18H38O7S4/c1-2-14(22)6-26-10-18(11-27-7-15(23)3-19,12-28-8-16(24)4-20)13-29-9-17(25)5-21/h14-17,19-25H,2-13H2,1H3. The van der Waals surface area contributed by atoms with Crippen molar-refractivity contribution in [3.05, 3.63) is 0 Å². The zero-order chi connectivity index (χ0) is 22.1. The fourth-order valence-electron chi connectivity index (χ4n) is 2.17. The van der Waals surface area contributed by atoms with E-state index < -0.39 is 18.3 Å². The van der Waals surface area contributed by atoms with Gasteiger partial charge in [-0.3, -0.25) is 0 Å². The minimum absolute atomic E-state index is 0.197. The van der Waals surface area contributed by atoms with Crippen molar-refractivity contribution in [2.45, 2.75) is 37.8 Å². The van der Waals surface area contributed by atoms with Gasteiger partial charge in [-0.1, -0.05) is 6.92 Å². The summed E-state index contributed by atoms with van der Waals surface area (Å²) in [4.78, 5) is 0. The monoisotopic (exact) mass is 494 g/mol. The predicted octanol–water partition coefficient (Wildman–Crippen LogP) is -0.264. The highest BCUT2D eigenvalue weighted by atomic mass is 32.2. The molecular formula is C18H38O7S4. The second kappa shape index (κ2) is 18.7. The van der Waals surface area contributed by atoms with Gasteiger partial charge < -0.3 is 35.7 Å². The van der Waals surface area contributed by atoms with Gasteiger partial charge in [0.05, 0.1) is 44.2 Å². The summed E-state index contributed by atoms with van der Waals surface area (Å²) >= 11 is 6.31. The third kappa shape index (κ3) is 15.5. The van der Waals surface area contributed by atoms with E-state index in [0.29, 0.717) is 46.7 Å². The first-order valence-electron chi connectivity index (χ1n) is 9.68. The first kappa shape index (κ1) is 30.1. The lowest BCUT2D eigenvalue weighted by Crippen LogP contribution is -2.35. The van der Waals surface area contributed by atoms with Crippen molar-refractivity contribution in [2.75, 3.05) is 65.8 Å². The van der Waals surface area contributed by atoms with Gasteiger partial charge in [0.1, 0.15) is 0 Å². The number of hydrogen-bond acceptors (Lipinski definition) is 11. The molecule has 0 aliphatic heterocycles. The van der Waals surface area contributed by atoms with Crippen LogP contribution in [-0.2, 0) is 0 Å². The molecule has 0 aromatic rings. The summed E-state index contributed by atoms with van der Waals surface area (Å²) in [7, 11) is 0. The molecule has 0 saturated carbocycles. The minimum atomic E-state index is -0.778. The minimum Gasteiger partial charge on any atom is -0.394 e. The smallest absolute Gasteiger partial charge is 0.0861 e. The zero-order valence-electron chi connectivity index (χ0n) is 17.1. The van der Waals surface area contributed by atoms with Gasteiger partial charge in [0.25, 0.3) is 0 Å². The molecule has 11 heteroatoms. The first-order valence-corrected chi connectivity index (χ1v) is 14.3. The van der Waals surface area contributed by atoms with Gasteiger partial charge in [0, 0.05) is 51.4 Å². The summed E-state index contributed by atoms with van der Waals surface area (Å²) in [5.74, 6) is 4.75. The van der Waals surface area contributed by atoms with Gasteiger partial charge in [0.2, 0.25) is 0 Å². The third-order valence-corrected chi connectivity index (χ3v) is 9.73. The molecule has 0 spiro atoms. The van der Waals surface area contributed by atoms with E-state index in [9.17, 15) is 20.4 Å². The molecule has 0 aromatic carbocycles. The van der Waals surface area contributed by atoms with Crippen molar-refractivity contribution in [3.63, 3.8) is 0 Å². The summed E-state index contributed by atoms with van der Waals surface area (Å²) in [6, 6.07) is 0. The average molecular weight is 495 g/mol. The van der Waals surface area contributed by atoms with Crippen LogP contribution >= 0.6 is 47.0 Å². The van der Waals surface area contributed by atoms with Gasteiger partial charge in [-0.25, -0.2) is 0 Å². The second-order valence-corrected chi connectivity index (χ2v) is 11.3. The summed E-state index contributed by atoms with van der Waals surface area (Å²) in [5.41, 5.74) is -0.197. The van der Waals surface area contributed by atoms with Gasteiger partial charge in [-0.15, -0.1) is 0 Å². The topological polar surface area (TPSA) is 142 Å². The molecule has 29 heavy (non-hydrogen) atoms. The molecule has 7 nitrogen and oxygen atoms in total. The van der Waals surface area contributed by atoms with Crippen LogP contribution in [0, 0.1) is 5.41 Å². The van der Waals surface area contributed by atoms with E-state index in [0.717, 1.165) is 5.75 Å². The van der Waals surface area contributed by atoms with Crippen LogP contribution in [0.15, 0.2) is 0 Å². The maximum absolute atomic E-state index is 9.88. The van der Waals surface area contributed by atoms with Crippen molar-refractivity contribution in [2.24, 2.45) is 5.41 Å². The summed E-state index contributed by atoms with van der Waals surface area (Å²) < 4.78 is 0. The Hall–Kier alpha value is 1.12. The van der Waals surface area contributed by atoms with Crippen LogP contribution in [0.2, 0.25) is 0 Å². The van der Waals surface area contributed by atoms with E-state index in [1.54, 1.807) is 47.0 Å². The van der Waals surface area contributed by atoms with Gasteiger partial charge in [0.15, 0.2) is 0 Å². The quantitative estimate of drug-likeness (QED) is 0.120. The third-order valence-electron chi connectivity index (χ3n) is 3.98. The largest absolute Gasteiger partial charge is 0.394 e. The Morgan fingerprint density at radius 2 is 0.828 bits per heavy atom. The molecule has 0 radical (unpaired) electrons. The lowest BCUT2D eigenvalue weighted by molar-refractivity contribution is 0.113. The molecule has 0 aliphatic rings.